The second-order valence-electron chi connectivity index (χ2n) is 5.64. The quantitative estimate of drug-likeness (QED) is 0.784. The van der Waals surface area contributed by atoms with Crippen molar-refractivity contribution in [2.24, 2.45) is 5.92 Å². The van der Waals surface area contributed by atoms with E-state index in [0.29, 0.717) is 25.6 Å². The average molecular weight is 290 g/mol. The molecular weight excluding hydrogens is 264 g/mol. The van der Waals surface area contributed by atoms with Crippen molar-refractivity contribution in [1.82, 2.24) is 5.32 Å². The first kappa shape index (κ1) is 15.8. The highest BCUT2D eigenvalue weighted by Crippen LogP contribution is 2.26. The Balaban J connectivity index is 1.73. The number of carbonyl (C=O) groups excluding carboxylic acids is 1. The van der Waals surface area contributed by atoms with E-state index in [2.05, 4.69) is 41.4 Å². The van der Waals surface area contributed by atoms with Crippen molar-refractivity contribution in [3.05, 3.63) is 29.8 Å². The van der Waals surface area contributed by atoms with Gasteiger partial charge in [-0.05, 0) is 37.8 Å². The van der Waals surface area contributed by atoms with Crippen LogP contribution in [0.3, 0.4) is 0 Å². The molecule has 0 aromatic heterocycles. The predicted octanol–water partition coefficient (Wildman–Crippen LogP) is 2.36. The molecule has 1 heterocycles. The summed E-state index contributed by atoms with van der Waals surface area (Å²) in [6.45, 7) is 8.15. The van der Waals surface area contributed by atoms with Gasteiger partial charge in [-0.15, -0.1) is 0 Å². The van der Waals surface area contributed by atoms with Crippen molar-refractivity contribution in [2.75, 3.05) is 37.7 Å². The summed E-state index contributed by atoms with van der Waals surface area (Å²) in [6.07, 6.45) is 1.60. The Morgan fingerprint density at radius 2 is 2.24 bits per heavy atom. The number of carbonyl (C=O) groups is 1. The maximum absolute atomic E-state index is 11.7. The first-order chi connectivity index (χ1) is 10.2. The SMILES string of the molecule is CCOCCC(=O)NC[C@@H]1CCN(c2ccccc2C)C1. The largest absolute Gasteiger partial charge is 0.381 e. The van der Waals surface area contributed by atoms with Crippen LogP contribution in [0.1, 0.15) is 25.3 Å². The third-order valence-corrected chi connectivity index (χ3v) is 4.01. The van der Waals surface area contributed by atoms with Gasteiger partial charge in [-0.2, -0.15) is 0 Å². The summed E-state index contributed by atoms with van der Waals surface area (Å²) in [5.74, 6) is 0.637. The van der Waals surface area contributed by atoms with Crippen LogP contribution in [0, 0.1) is 12.8 Å². The van der Waals surface area contributed by atoms with E-state index in [4.69, 9.17) is 4.74 Å². The van der Waals surface area contributed by atoms with Gasteiger partial charge in [-0.1, -0.05) is 18.2 Å². The number of ether oxygens (including phenoxy) is 1. The lowest BCUT2D eigenvalue weighted by Crippen LogP contribution is -2.31. The number of nitrogens with one attached hydrogen (secondary N) is 1. The Hall–Kier alpha value is -1.55. The molecule has 1 atom stereocenters. The van der Waals surface area contributed by atoms with Gasteiger partial charge >= 0.3 is 0 Å². The summed E-state index contributed by atoms with van der Waals surface area (Å²) in [5.41, 5.74) is 2.64. The minimum absolute atomic E-state index is 0.0952. The van der Waals surface area contributed by atoms with Crippen LogP contribution in [0.5, 0.6) is 0 Å². The molecule has 0 unspecified atom stereocenters. The lowest BCUT2D eigenvalue weighted by molar-refractivity contribution is -0.122. The molecule has 4 nitrogen and oxygen atoms in total. The fourth-order valence-corrected chi connectivity index (χ4v) is 2.79. The molecule has 1 aromatic rings. The molecule has 116 valence electrons. The van der Waals surface area contributed by atoms with Crippen molar-refractivity contribution >= 4 is 11.6 Å². The zero-order valence-corrected chi connectivity index (χ0v) is 13.1. The second kappa shape index (κ2) is 8.03. The maximum atomic E-state index is 11.7. The Morgan fingerprint density at radius 1 is 1.43 bits per heavy atom. The van der Waals surface area contributed by atoms with E-state index in [0.717, 1.165) is 26.1 Å². The lowest BCUT2D eigenvalue weighted by Gasteiger charge is -2.21. The molecule has 1 N–H and O–H groups in total. The molecule has 1 aliphatic heterocycles. The number of benzene rings is 1. The van der Waals surface area contributed by atoms with Gasteiger partial charge in [0.25, 0.3) is 0 Å². The van der Waals surface area contributed by atoms with Gasteiger partial charge < -0.3 is 15.0 Å². The van der Waals surface area contributed by atoms with E-state index in [1.807, 2.05) is 6.92 Å². The van der Waals surface area contributed by atoms with Crippen LogP contribution < -0.4 is 10.2 Å². The highest BCUT2D eigenvalue weighted by molar-refractivity contribution is 5.75. The zero-order valence-electron chi connectivity index (χ0n) is 13.1. The van der Waals surface area contributed by atoms with E-state index >= 15 is 0 Å². The monoisotopic (exact) mass is 290 g/mol. The fraction of sp³-hybridized carbons (Fsp3) is 0.588. The molecule has 0 saturated carbocycles. The summed E-state index contributed by atoms with van der Waals surface area (Å²) in [4.78, 5) is 14.1. The molecule has 0 radical (unpaired) electrons. The molecule has 2 rings (SSSR count). The number of hydrogen-bond donors (Lipinski definition) is 1. The van der Waals surface area contributed by atoms with Crippen LogP contribution in [0.4, 0.5) is 5.69 Å². The van der Waals surface area contributed by atoms with E-state index in [-0.39, 0.29) is 5.91 Å². The molecule has 21 heavy (non-hydrogen) atoms. The van der Waals surface area contributed by atoms with Crippen LogP contribution in [-0.2, 0) is 9.53 Å². The molecule has 1 aliphatic rings. The number of para-hydroxylation sites is 1. The van der Waals surface area contributed by atoms with E-state index in [9.17, 15) is 4.79 Å². The van der Waals surface area contributed by atoms with Crippen molar-refractivity contribution in [1.29, 1.82) is 0 Å². The highest BCUT2D eigenvalue weighted by Gasteiger charge is 2.23. The minimum Gasteiger partial charge on any atom is -0.381 e. The van der Waals surface area contributed by atoms with E-state index in [1.54, 1.807) is 0 Å². The molecule has 4 heteroatoms. The number of rotatable bonds is 7. The smallest absolute Gasteiger partial charge is 0.222 e. The number of nitrogens with zero attached hydrogens (tertiary/aromatic N) is 1. The second-order valence-corrected chi connectivity index (χ2v) is 5.64. The number of anilines is 1. The Morgan fingerprint density at radius 3 is 3.00 bits per heavy atom. The van der Waals surface area contributed by atoms with Gasteiger partial charge in [0.2, 0.25) is 5.91 Å². The van der Waals surface area contributed by atoms with Crippen molar-refractivity contribution in [3.8, 4) is 0 Å². The van der Waals surface area contributed by atoms with Crippen LogP contribution in [0.2, 0.25) is 0 Å². The third-order valence-electron chi connectivity index (χ3n) is 4.01. The number of aryl methyl sites for hydroxylation is 1. The van der Waals surface area contributed by atoms with Crippen molar-refractivity contribution in [3.63, 3.8) is 0 Å². The molecule has 0 bridgehead atoms. The fourth-order valence-electron chi connectivity index (χ4n) is 2.79. The molecule has 1 aromatic carbocycles. The first-order valence-electron chi connectivity index (χ1n) is 7.85. The van der Waals surface area contributed by atoms with Gasteiger partial charge in [-0.25, -0.2) is 0 Å². The van der Waals surface area contributed by atoms with E-state index in [1.165, 1.54) is 11.3 Å². The minimum atomic E-state index is 0.0952. The first-order valence-corrected chi connectivity index (χ1v) is 7.85. The van der Waals surface area contributed by atoms with Crippen molar-refractivity contribution in [2.45, 2.75) is 26.7 Å². The third kappa shape index (κ3) is 4.74. The summed E-state index contributed by atoms with van der Waals surface area (Å²) in [6, 6.07) is 8.49. The van der Waals surface area contributed by atoms with Crippen LogP contribution in [0.25, 0.3) is 0 Å². The maximum Gasteiger partial charge on any atom is 0.222 e. The molecule has 1 fully saturated rings. The predicted molar refractivity (Wildman–Crippen MR) is 85.6 cm³/mol. The summed E-state index contributed by atoms with van der Waals surface area (Å²) >= 11 is 0. The summed E-state index contributed by atoms with van der Waals surface area (Å²) in [5, 5.41) is 3.02. The lowest BCUT2D eigenvalue weighted by atomic mass is 10.1. The van der Waals surface area contributed by atoms with Gasteiger partial charge in [0.05, 0.1) is 6.61 Å². The van der Waals surface area contributed by atoms with Crippen LogP contribution >= 0.6 is 0 Å². The van der Waals surface area contributed by atoms with Gasteiger partial charge in [0.15, 0.2) is 0 Å². The van der Waals surface area contributed by atoms with E-state index < -0.39 is 0 Å². The highest BCUT2D eigenvalue weighted by atomic mass is 16.5. The standard InChI is InChI=1S/C17H26N2O2/c1-3-21-11-9-17(20)18-12-15-8-10-19(13-15)16-7-5-4-6-14(16)2/h4-7,15H,3,8-13H2,1-2H3,(H,18,20)/t15-/m0/s1. The number of hydrogen-bond acceptors (Lipinski definition) is 3. The van der Waals surface area contributed by atoms with Gasteiger partial charge in [0.1, 0.15) is 0 Å². The Bertz CT molecular complexity index is 462. The molecule has 0 aliphatic carbocycles. The van der Waals surface area contributed by atoms with Crippen LogP contribution in [-0.4, -0.2) is 38.8 Å². The topological polar surface area (TPSA) is 41.6 Å². The van der Waals surface area contributed by atoms with Crippen molar-refractivity contribution < 1.29 is 9.53 Å². The Labute approximate surface area is 127 Å². The summed E-state index contributed by atoms with van der Waals surface area (Å²) in [7, 11) is 0. The summed E-state index contributed by atoms with van der Waals surface area (Å²) < 4.78 is 5.19. The average Bonchev–Trinajstić information content (AvgIpc) is 2.94. The van der Waals surface area contributed by atoms with Crippen LogP contribution in [0.15, 0.2) is 24.3 Å². The molecular formula is C17H26N2O2. The number of amides is 1. The zero-order chi connectivity index (χ0) is 15.1. The van der Waals surface area contributed by atoms with Gasteiger partial charge in [-0.3, -0.25) is 4.79 Å². The van der Waals surface area contributed by atoms with Gasteiger partial charge in [0, 0.05) is 38.3 Å². The molecule has 1 amide bonds. The molecule has 1 saturated heterocycles. The Kier molecular flexibility index (Phi) is 6.05. The molecule has 0 spiro atoms. The normalized spacial score (nSPS) is 18.0.